The fourth-order valence-corrected chi connectivity index (χ4v) is 2.68. The van der Waals surface area contributed by atoms with Crippen molar-refractivity contribution in [3.05, 3.63) is 83.9 Å². The zero-order valence-corrected chi connectivity index (χ0v) is 14.8. The standard InChI is InChI=1S/C21H17N5O2/c27-19-11-5-1-7-15(19)13-22-25-21-24-17-9-3-4-10-18(17)26(21)23-14-16-8-2-6-12-20(16)28/h1-14,27-28H,(H,24,25). The Balaban J connectivity index is 1.67. The molecule has 0 amide bonds. The molecule has 0 unspecified atom stereocenters. The molecule has 3 N–H and O–H groups in total. The molecule has 1 aromatic heterocycles. The fourth-order valence-electron chi connectivity index (χ4n) is 2.68. The van der Waals surface area contributed by atoms with E-state index in [0.717, 1.165) is 11.0 Å². The molecule has 0 spiro atoms. The highest BCUT2D eigenvalue weighted by Gasteiger charge is 2.09. The van der Waals surface area contributed by atoms with E-state index in [1.165, 1.54) is 6.21 Å². The SMILES string of the molecule is Oc1ccccc1C=NNc1nc2ccccc2n1N=Cc1ccccc1O. The van der Waals surface area contributed by atoms with Crippen LogP contribution >= 0.6 is 0 Å². The Morgan fingerprint density at radius 2 is 1.39 bits per heavy atom. The van der Waals surface area contributed by atoms with E-state index >= 15 is 0 Å². The van der Waals surface area contributed by atoms with Crippen LogP contribution in [0.2, 0.25) is 0 Å². The Labute approximate surface area is 160 Å². The topological polar surface area (TPSA) is 95.0 Å². The number of benzene rings is 3. The van der Waals surface area contributed by atoms with Crippen molar-refractivity contribution in [1.29, 1.82) is 0 Å². The molecule has 0 atom stereocenters. The minimum absolute atomic E-state index is 0.138. The van der Waals surface area contributed by atoms with E-state index in [1.54, 1.807) is 47.3 Å². The number of para-hydroxylation sites is 4. The number of aromatic nitrogens is 2. The van der Waals surface area contributed by atoms with Crippen LogP contribution in [0.5, 0.6) is 11.5 Å². The molecule has 0 saturated carbocycles. The number of phenols is 2. The van der Waals surface area contributed by atoms with Crippen LogP contribution in [0.4, 0.5) is 5.95 Å². The quantitative estimate of drug-likeness (QED) is 0.368. The summed E-state index contributed by atoms with van der Waals surface area (Å²) in [5.41, 5.74) is 5.56. The van der Waals surface area contributed by atoms with Gasteiger partial charge in [0.15, 0.2) is 0 Å². The molecule has 0 fully saturated rings. The second-order valence-electron chi connectivity index (χ2n) is 5.97. The Kier molecular flexibility index (Phi) is 4.71. The van der Waals surface area contributed by atoms with E-state index in [0.29, 0.717) is 17.1 Å². The van der Waals surface area contributed by atoms with Crippen molar-refractivity contribution in [3.63, 3.8) is 0 Å². The van der Waals surface area contributed by atoms with E-state index in [-0.39, 0.29) is 11.5 Å². The zero-order chi connectivity index (χ0) is 19.3. The lowest BCUT2D eigenvalue weighted by molar-refractivity contribution is 0.474. The molecule has 3 aromatic carbocycles. The van der Waals surface area contributed by atoms with Crippen molar-refractivity contribution < 1.29 is 10.2 Å². The summed E-state index contributed by atoms with van der Waals surface area (Å²) in [7, 11) is 0. The number of anilines is 1. The first kappa shape index (κ1) is 17.3. The van der Waals surface area contributed by atoms with Gasteiger partial charge in [0.25, 0.3) is 0 Å². The normalized spacial score (nSPS) is 11.6. The van der Waals surface area contributed by atoms with Gasteiger partial charge >= 0.3 is 0 Å². The highest BCUT2D eigenvalue weighted by molar-refractivity contribution is 5.86. The summed E-state index contributed by atoms with van der Waals surface area (Å²) in [6, 6.07) is 21.4. The minimum Gasteiger partial charge on any atom is -0.507 e. The summed E-state index contributed by atoms with van der Waals surface area (Å²) in [6.45, 7) is 0. The summed E-state index contributed by atoms with van der Waals surface area (Å²) < 4.78 is 1.60. The van der Waals surface area contributed by atoms with Gasteiger partial charge in [0.05, 0.1) is 23.5 Å². The summed E-state index contributed by atoms with van der Waals surface area (Å²) in [5, 5.41) is 28.4. The number of nitrogens with one attached hydrogen (secondary N) is 1. The first-order valence-corrected chi connectivity index (χ1v) is 8.59. The minimum atomic E-state index is 0.138. The van der Waals surface area contributed by atoms with Crippen LogP contribution < -0.4 is 5.43 Å². The van der Waals surface area contributed by atoms with Gasteiger partial charge in [-0.2, -0.15) is 14.9 Å². The monoisotopic (exact) mass is 371 g/mol. The number of hydrogen-bond donors (Lipinski definition) is 3. The molecular formula is C21H17N5O2. The van der Waals surface area contributed by atoms with Crippen molar-refractivity contribution >= 4 is 29.4 Å². The lowest BCUT2D eigenvalue weighted by Gasteiger charge is -2.03. The Morgan fingerprint density at radius 3 is 2.11 bits per heavy atom. The number of hydrogen-bond acceptors (Lipinski definition) is 6. The third-order valence-electron chi connectivity index (χ3n) is 4.09. The molecule has 0 aliphatic rings. The molecule has 0 saturated heterocycles. The molecular weight excluding hydrogens is 354 g/mol. The van der Waals surface area contributed by atoms with Crippen LogP contribution in [0.25, 0.3) is 11.0 Å². The van der Waals surface area contributed by atoms with Crippen LogP contribution in [0, 0.1) is 0 Å². The average Bonchev–Trinajstić information content (AvgIpc) is 3.06. The number of phenolic OH excluding ortho intramolecular Hbond substituents is 2. The molecule has 7 nitrogen and oxygen atoms in total. The zero-order valence-electron chi connectivity index (χ0n) is 14.8. The number of fused-ring (bicyclic) bond motifs is 1. The van der Waals surface area contributed by atoms with Gasteiger partial charge in [0, 0.05) is 11.1 Å². The van der Waals surface area contributed by atoms with Gasteiger partial charge in [-0.15, -0.1) is 0 Å². The van der Waals surface area contributed by atoms with Gasteiger partial charge in [0.1, 0.15) is 11.5 Å². The Bertz CT molecular complexity index is 1180. The molecule has 7 heteroatoms. The first-order valence-electron chi connectivity index (χ1n) is 8.59. The Hall–Kier alpha value is -4.13. The smallest absolute Gasteiger partial charge is 0.245 e. The van der Waals surface area contributed by atoms with Crippen molar-refractivity contribution in [1.82, 2.24) is 9.66 Å². The molecule has 1 heterocycles. The number of nitrogens with zero attached hydrogens (tertiary/aromatic N) is 4. The van der Waals surface area contributed by atoms with E-state index in [4.69, 9.17) is 0 Å². The van der Waals surface area contributed by atoms with Crippen LogP contribution in [-0.4, -0.2) is 32.3 Å². The van der Waals surface area contributed by atoms with Crippen molar-refractivity contribution in [2.45, 2.75) is 0 Å². The molecule has 0 bridgehead atoms. The van der Waals surface area contributed by atoms with E-state index in [1.807, 2.05) is 36.4 Å². The van der Waals surface area contributed by atoms with Crippen LogP contribution in [-0.2, 0) is 0 Å². The number of hydrazone groups is 1. The van der Waals surface area contributed by atoms with Crippen molar-refractivity contribution in [3.8, 4) is 11.5 Å². The number of aromatic hydroxyl groups is 2. The summed E-state index contributed by atoms with van der Waals surface area (Å²) >= 11 is 0. The molecule has 0 aliphatic heterocycles. The number of rotatable bonds is 5. The third-order valence-corrected chi connectivity index (χ3v) is 4.09. The fraction of sp³-hybridized carbons (Fsp3) is 0. The van der Waals surface area contributed by atoms with Gasteiger partial charge in [-0.1, -0.05) is 36.4 Å². The van der Waals surface area contributed by atoms with Gasteiger partial charge < -0.3 is 10.2 Å². The van der Waals surface area contributed by atoms with Crippen molar-refractivity contribution in [2.75, 3.05) is 5.43 Å². The number of imidazole rings is 1. The molecule has 4 rings (SSSR count). The van der Waals surface area contributed by atoms with Gasteiger partial charge in [-0.3, -0.25) is 0 Å². The molecule has 4 aromatic rings. The van der Waals surface area contributed by atoms with Crippen LogP contribution in [0.1, 0.15) is 11.1 Å². The van der Waals surface area contributed by atoms with Gasteiger partial charge in [-0.25, -0.2) is 10.4 Å². The first-order chi connectivity index (χ1) is 13.7. The summed E-state index contributed by atoms with van der Waals surface area (Å²) in [5.74, 6) is 0.682. The summed E-state index contributed by atoms with van der Waals surface area (Å²) in [6.07, 6.45) is 3.06. The van der Waals surface area contributed by atoms with E-state index in [2.05, 4.69) is 20.6 Å². The largest absolute Gasteiger partial charge is 0.507 e. The second-order valence-corrected chi connectivity index (χ2v) is 5.97. The highest BCUT2D eigenvalue weighted by atomic mass is 16.3. The van der Waals surface area contributed by atoms with Crippen LogP contribution in [0.15, 0.2) is 83.0 Å². The maximum Gasteiger partial charge on any atom is 0.245 e. The van der Waals surface area contributed by atoms with E-state index < -0.39 is 0 Å². The molecule has 138 valence electrons. The van der Waals surface area contributed by atoms with E-state index in [9.17, 15) is 10.2 Å². The lowest BCUT2D eigenvalue weighted by atomic mass is 10.2. The second kappa shape index (κ2) is 7.63. The third kappa shape index (κ3) is 3.54. The van der Waals surface area contributed by atoms with Gasteiger partial charge in [0.2, 0.25) is 5.95 Å². The predicted molar refractivity (Wildman–Crippen MR) is 110 cm³/mol. The maximum atomic E-state index is 9.94. The van der Waals surface area contributed by atoms with Gasteiger partial charge in [-0.05, 0) is 36.4 Å². The average molecular weight is 371 g/mol. The Morgan fingerprint density at radius 1 is 0.786 bits per heavy atom. The maximum absolute atomic E-state index is 9.94. The van der Waals surface area contributed by atoms with Crippen LogP contribution in [0.3, 0.4) is 0 Å². The molecule has 0 aliphatic carbocycles. The highest BCUT2D eigenvalue weighted by Crippen LogP contribution is 2.20. The predicted octanol–water partition coefficient (Wildman–Crippen LogP) is 3.78. The summed E-state index contributed by atoms with van der Waals surface area (Å²) in [4.78, 5) is 4.50. The lowest BCUT2D eigenvalue weighted by Crippen LogP contribution is -2.00. The van der Waals surface area contributed by atoms with Crippen molar-refractivity contribution in [2.24, 2.45) is 10.2 Å². The molecule has 28 heavy (non-hydrogen) atoms. The molecule has 0 radical (unpaired) electrons.